The van der Waals surface area contributed by atoms with Gasteiger partial charge in [0.15, 0.2) is 0 Å². The van der Waals surface area contributed by atoms with Crippen molar-refractivity contribution >= 4 is 15.9 Å². The zero-order valence-corrected chi connectivity index (χ0v) is 17.2. The number of sulfonamides is 1. The Labute approximate surface area is 171 Å². The minimum atomic E-state index is -3.51. The Morgan fingerprint density at radius 3 is 2.38 bits per heavy atom. The molecule has 7 heteroatoms. The Hall–Kier alpha value is -2.25. The van der Waals surface area contributed by atoms with E-state index in [2.05, 4.69) is 5.32 Å². The summed E-state index contributed by atoms with van der Waals surface area (Å²) in [7, 11) is -3.51. The highest BCUT2D eigenvalue weighted by molar-refractivity contribution is 7.89. The van der Waals surface area contributed by atoms with Crippen molar-refractivity contribution in [3.63, 3.8) is 0 Å². The maximum absolute atomic E-state index is 13.9. The molecule has 2 unspecified atom stereocenters. The molecule has 2 atom stereocenters. The summed E-state index contributed by atoms with van der Waals surface area (Å²) in [6, 6.07) is 13.4. The SMILES string of the molecule is Cc1ccc(S(=O)(=O)N2CCC(NC(=O)C3CC3c3ccccc3F)CC2)cc1. The first-order valence-corrected chi connectivity index (χ1v) is 11.4. The molecule has 154 valence electrons. The number of benzene rings is 2. The van der Waals surface area contributed by atoms with Crippen molar-refractivity contribution in [1.82, 2.24) is 9.62 Å². The Morgan fingerprint density at radius 1 is 1.07 bits per heavy atom. The topological polar surface area (TPSA) is 66.5 Å². The number of nitrogens with zero attached hydrogens (tertiary/aromatic N) is 1. The fraction of sp³-hybridized carbons (Fsp3) is 0.409. The lowest BCUT2D eigenvalue weighted by atomic mass is 10.1. The molecule has 2 aromatic rings. The Morgan fingerprint density at radius 2 is 1.72 bits per heavy atom. The van der Waals surface area contributed by atoms with E-state index in [1.807, 2.05) is 6.92 Å². The second-order valence-corrected chi connectivity index (χ2v) is 9.91. The quantitative estimate of drug-likeness (QED) is 0.814. The molecule has 1 amide bonds. The minimum absolute atomic E-state index is 0.0474. The summed E-state index contributed by atoms with van der Waals surface area (Å²) < 4.78 is 40.9. The van der Waals surface area contributed by atoms with E-state index in [4.69, 9.17) is 0 Å². The third kappa shape index (κ3) is 4.21. The molecule has 5 nitrogen and oxygen atoms in total. The van der Waals surface area contributed by atoms with Crippen molar-refractivity contribution in [2.45, 2.75) is 43.0 Å². The number of rotatable bonds is 5. The van der Waals surface area contributed by atoms with E-state index in [-0.39, 0.29) is 29.6 Å². The smallest absolute Gasteiger partial charge is 0.243 e. The average molecular weight is 417 g/mol. The number of aryl methyl sites for hydroxylation is 1. The number of amides is 1. The molecule has 2 aliphatic rings. The second-order valence-electron chi connectivity index (χ2n) is 7.97. The third-order valence-corrected chi connectivity index (χ3v) is 7.80. The number of nitrogens with one attached hydrogen (secondary N) is 1. The second kappa shape index (κ2) is 7.88. The molecule has 1 heterocycles. The number of carbonyl (C=O) groups is 1. The van der Waals surface area contributed by atoms with E-state index in [1.165, 1.54) is 10.4 Å². The molecule has 2 aromatic carbocycles. The summed E-state index contributed by atoms with van der Waals surface area (Å²) >= 11 is 0. The summed E-state index contributed by atoms with van der Waals surface area (Å²) in [5.74, 6) is -0.569. The van der Waals surface area contributed by atoms with Crippen LogP contribution in [0.3, 0.4) is 0 Å². The summed E-state index contributed by atoms with van der Waals surface area (Å²) in [5.41, 5.74) is 1.62. The average Bonchev–Trinajstić information content (AvgIpc) is 3.50. The van der Waals surface area contributed by atoms with Gasteiger partial charge in [-0.05, 0) is 55.9 Å². The van der Waals surface area contributed by atoms with Gasteiger partial charge < -0.3 is 5.32 Å². The third-order valence-electron chi connectivity index (χ3n) is 5.89. The highest BCUT2D eigenvalue weighted by Crippen LogP contribution is 2.48. The van der Waals surface area contributed by atoms with E-state index in [9.17, 15) is 17.6 Å². The first kappa shape index (κ1) is 20.0. The molecule has 1 N–H and O–H groups in total. The predicted molar refractivity (Wildman–Crippen MR) is 108 cm³/mol. The summed E-state index contributed by atoms with van der Waals surface area (Å²) in [6.07, 6.45) is 1.81. The zero-order chi connectivity index (χ0) is 20.6. The number of halogens is 1. The Balaban J connectivity index is 1.31. The lowest BCUT2D eigenvalue weighted by molar-refractivity contribution is -0.123. The normalized spacial score (nSPS) is 23.0. The molecule has 0 spiro atoms. The van der Waals surface area contributed by atoms with E-state index >= 15 is 0 Å². The van der Waals surface area contributed by atoms with Gasteiger partial charge in [0.25, 0.3) is 0 Å². The van der Waals surface area contributed by atoms with Crippen LogP contribution in [-0.4, -0.2) is 37.8 Å². The zero-order valence-electron chi connectivity index (χ0n) is 16.3. The maximum Gasteiger partial charge on any atom is 0.243 e. The van der Waals surface area contributed by atoms with Crippen LogP contribution in [0.15, 0.2) is 53.4 Å². The van der Waals surface area contributed by atoms with Gasteiger partial charge in [0.05, 0.1) is 4.90 Å². The first-order valence-electron chi connectivity index (χ1n) is 9.98. The van der Waals surface area contributed by atoms with Gasteiger partial charge in [0, 0.05) is 25.0 Å². The minimum Gasteiger partial charge on any atom is -0.353 e. The van der Waals surface area contributed by atoms with Gasteiger partial charge in [-0.3, -0.25) is 4.79 Å². The Kier molecular flexibility index (Phi) is 5.44. The number of hydrogen-bond donors (Lipinski definition) is 1. The molecule has 1 saturated carbocycles. The van der Waals surface area contributed by atoms with Crippen LogP contribution >= 0.6 is 0 Å². The van der Waals surface area contributed by atoms with Crippen LogP contribution < -0.4 is 5.32 Å². The predicted octanol–water partition coefficient (Wildman–Crippen LogP) is 3.21. The van der Waals surface area contributed by atoms with Crippen LogP contribution in [0.2, 0.25) is 0 Å². The first-order chi connectivity index (χ1) is 13.9. The van der Waals surface area contributed by atoms with E-state index in [1.54, 1.807) is 42.5 Å². The van der Waals surface area contributed by atoms with Gasteiger partial charge in [0.2, 0.25) is 15.9 Å². The van der Waals surface area contributed by atoms with Crippen LogP contribution in [-0.2, 0) is 14.8 Å². The van der Waals surface area contributed by atoms with Gasteiger partial charge >= 0.3 is 0 Å². The maximum atomic E-state index is 13.9. The van der Waals surface area contributed by atoms with Crippen molar-refractivity contribution in [3.8, 4) is 0 Å². The summed E-state index contributed by atoms with van der Waals surface area (Å²) in [6.45, 7) is 2.67. The molecule has 1 saturated heterocycles. The van der Waals surface area contributed by atoms with Gasteiger partial charge in [0.1, 0.15) is 5.82 Å². The van der Waals surface area contributed by atoms with Crippen molar-refractivity contribution < 1.29 is 17.6 Å². The molecular formula is C22H25FN2O3S. The van der Waals surface area contributed by atoms with Crippen molar-refractivity contribution in [3.05, 3.63) is 65.5 Å². The fourth-order valence-corrected chi connectivity index (χ4v) is 5.48. The number of piperidine rings is 1. The molecule has 0 bridgehead atoms. The summed E-state index contributed by atoms with van der Waals surface area (Å²) in [5, 5.41) is 3.04. The molecule has 4 rings (SSSR count). The molecule has 2 fully saturated rings. The van der Waals surface area contributed by atoms with E-state index in [0.717, 1.165) is 5.56 Å². The van der Waals surface area contributed by atoms with Crippen molar-refractivity contribution in [2.24, 2.45) is 5.92 Å². The van der Waals surface area contributed by atoms with Crippen LogP contribution in [0.25, 0.3) is 0 Å². The van der Waals surface area contributed by atoms with Crippen LogP contribution in [0.5, 0.6) is 0 Å². The van der Waals surface area contributed by atoms with E-state index in [0.29, 0.717) is 42.8 Å². The molecule has 0 radical (unpaired) electrons. The van der Waals surface area contributed by atoms with Gasteiger partial charge in [-0.2, -0.15) is 4.31 Å². The largest absolute Gasteiger partial charge is 0.353 e. The van der Waals surface area contributed by atoms with Crippen molar-refractivity contribution in [2.75, 3.05) is 13.1 Å². The fourth-order valence-electron chi connectivity index (χ4n) is 4.01. The summed E-state index contributed by atoms with van der Waals surface area (Å²) in [4.78, 5) is 12.8. The number of carbonyl (C=O) groups excluding carboxylic acids is 1. The molecule has 1 aliphatic carbocycles. The van der Waals surface area contributed by atoms with Crippen LogP contribution in [0, 0.1) is 18.7 Å². The standard InChI is InChI=1S/C22H25FN2O3S/c1-15-6-8-17(9-7-15)29(27,28)25-12-10-16(11-13-25)24-22(26)20-14-19(20)18-4-2-3-5-21(18)23/h2-9,16,19-20H,10-14H2,1H3,(H,24,26). The molecule has 29 heavy (non-hydrogen) atoms. The van der Waals surface area contributed by atoms with Crippen LogP contribution in [0.4, 0.5) is 4.39 Å². The van der Waals surface area contributed by atoms with Gasteiger partial charge in [-0.15, -0.1) is 0 Å². The van der Waals surface area contributed by atoms with E-state index < -0.39 is 10.0 Å². The Bertz CT molecular complexity index is 999. The van der Waals surface area contributed by atoms with Crippen molar-refractivity contribution in [1.29, 1.82) is 0 Å². The highest BCUT2D eigenvalue weighted by Gasteiger charge is 2.45. The highest BCUT2D eigenvalue weighted by atomic mass is 32.2. The monoisotopic (exact) mass is 416 g/mol. The molecule has 1 aliphatic heterocycles. The van der Waals surface area contributed by atoms with Crippen LogP contribution in [0.1, 0.15) is 36.3 Å². The molecular weight excluding hydrogens is 391 g/mol. The molecule has 0 aromatic heterocycles. The lowest BCUT2D eigenvalue weighted by Crippen LogP contribution is -2.46. The van der Waals surface area contributed by atoms with Gasteiger partial charge in [-0.1, -0.05) is 35.9 Å². The lowest BCUT2D eigenvalue weighted by Gasteiger charge is -2.31. The van der Waals surface area contributed by atoms with Gasteiger partial charge in [-0.25, -0.2) is 12.8 Å². The number of hydrogen-bond acceptors (Lipinski definition) is 3.